The lowest BCUT2D eigenvalue weighted by molar-refractivity contribution is 0.663. The van der Waals surface area contributed by atoms with Crippen molar-refractivity contribution in [3.05, 3.63) is 35.8 Å². The van der Waals surface area contributed by atoms with Gasteiger partial charge in [0.05, 0.1) is 11.4 Å². The van der Waals surface area contributed by atoms with Crippen LogP contribution in [0.15, 0.2) is 24.4 Å². The first-order chi connectivity index (χ1) is 6.74. The molecular formula is C11H15N3. The van der Waals surface area contributed by atoms with Crippen molar-refractivity contribution in [3.63, 3.8) is 0 Å². The number of aryl methyl sites for hydroxylation is 1. The molecule has 1 unspecified atom stereocenters. The van der Waals surface area contributed by atoms with E-state index in [1.165, 1.54) is 0 Å². The van der Waals surface area contributed by atoms with Crippen LogP contribution in [-0.2, 0) is 0 Å². The van der Waals surface area contributed by atoms with Crippen LogP contribution in [0.1, 0.15) is 30.8 Å². The lowest BCUT2D eigenvalue weighted by atomic mass is 10.1. The minimum Gasteiger partial charge on any atom is -0.323 e. The van der Waals surface area contributed by atoms with Gasteiger partial charge in [0.15, 0.2) is 0 Å². The number of nitrogens with two attached hydrogens (primary N) is 1. The summed E-state index contributed by atoms with van der Waals surface area (Å²) in [4.78, 5) is 4.47. The molecule has 2 aromatic rings. The van der Waals surface area contributed by atoms with E-state index < -0.39 is 0 Å². The van der Waals surface area contributed by atoms with Crippen LogP contribution in [0.3, 0.4) is 0 Å². The molecule has 2 N–H and O–H groups in total. The Kier molecular flexibility index (Phi) is 2.25. The molecule has 0 aromatic carbocycles. The second-order valence-electron chi connectivity index (χ2n) is 3.53. The SMILES string of the molecule is CCC(N)c1c(C)nc2ccccn12. The maximum atomic E-state index is 6.04. The zero-order valence-corrected chi connectivity index (χ0v) is 8.57. The normalized spacial score (nSPS) is 13.4. The topological polar surface area (TPSA) is 43.3 Å². The first-order valence-electron chi connectivity index (χ1n) is 4.93. The third-order valence-corrected chi connectivity index (χ3v) is 2.54. The van der Waals surface area contributed by atoms with Gasteiger partial charge < -0.3 is 10.1 Å². The molecule has 0 radical (unpaired) electrons. The molecule has 3 heteroatoms. The van der Waals surface area contributed by atoms with Crippen LogP contribution in [0.25, 0.3) is 5.65 Å². The van der Waals surface area contributed by atoms with E-state index in [4.69, 9.17) is 5.73 Å². The smallest absolute Gasteiger partial charge is 0.137 e. The predicted molar refractivity (Wildman–Crippen MR) is 57.1 cm³/mol. The standard InChI is InChI=1S/C11H15N3/c1-3-9(12)11-8(2)13-10-6-4-5-7-14(10)11/h4-7,9H,3,12H2,1-2H3. The van der Waals surface area contributed by atoms with Crippen LogP contribution in [0.4, 0.5) is 0 Å². The summed E-state index contributed by atoms with van der Waals surface area (Å²) in [6, 6.07) is 6.06. The van der Waals surface area contributed by atoms with Crippen molar-refractivity contribution < 1.29 is 0 Å². The van der Waals surface area contributed by atoms with E-state index in [0.717, 1.165) is 23.5 Å². The van der Waals surface area contributed by atoms with Crippen molar-refractivity contribution >= 4 is 5.65 Å². The van der Waals surface area contributed by atoms with Crippen molar-refractivity contribution in [1.82, 2.24) is 9.38 Å². The monoisotopic (exact) mass is 189 g/mol. The van der Waals surface area contributed by atoms with Gasteiger partial charge in [-0.05, 0) is 25.5 Å². The van der Waals surface area contributed by atoms with Gasteiger partial charge in [-0.2, -0.15) is 0 Å². The summed E-state index contributed by atoms with van der Waals surface area (Å²) in [7, 11) is 0. The van der Waals surface area contributed by atoms with Gasteiger partial charge in [-0.3, -0.25) is 0 Å². The summed E-state index contributed by atoms with van der Waals surface area (Å²) >= 11 is 0. The van der Waals surface area contributed by atoms with Crippen molar-refractivity contribution in [2.75, 3.05) is 0 Å². The summed E-state index contributed by atoms with van der Waals surface area (Å²) < 4.78 is 2.07. The van der Waals surface area contributed by atoms with Gasteiger partial charge >= 0.3 is 0 Å². The minimum absolute atomic E-state index is 0.0763. The molecule has 0 bridgehead atoms. The quantitative estimate of drug-likeness (QED) is 0.785. The van der Waals surface area contributed by atoms with E-state index in [1.54, 1.807) is 0 Å². The fourth-order valence-electron chi connectivity index (χ4n) is 1.77. The van der Waals surface area contributed by atoms with Crippen molar-refractivity contribution in [3.8, 4) is 0 Å². The first kappa shape index (κ1) is 9.21. The third-order valence-electron chi connectivity index (χ3n) is 2.54. The van der Waals surface area contributed by atoms with E-state index in [1.807, 2.05) is 31.3 Å². The predicted octanol–water partition coefficient (Wildman–Crippen LogP) is 2.05. The lowest BCUT2D eigenvalue weighted by Gasteiger charge is -2.09. The Balaban J connectivity index is 2.67. The van der Waals surface area contributed by atoms with E-state index in [-0.39, 0.29) is 6.04 Å². The Bertz CT molecular complexity index is 445. The van der Waals surface area contributed by atoms with Gasteiger partial charge in [0, 0.05) is 12.2 Å². The molecule has 0 aliphatic carbocycles. The van der Waals surface area contributed by atoms with E-state index in [0.29, 0.717) is 0 Å². The molecule has 0 saturated heterocycles. The Hall–Kier alpha value is -1.35. The number of fused-ring (bicyclic) bond motifs is 1. The molecule has 14 heavy (non-hydrogen) atoms. The summed E-state index contributed by atoms with van der Waals surface area (Å²) in [6.45, 7) is 4.10. The fourth-order valence-corrected chi connectivity index (χ4v) is 1.77. The number of aromatic nitrogens is 2. The highest BCUT2D eigenvalue weighted by Crippen LogP contribution is 2.19. The van der Waals surface area contributed by atoms with E-state index in [2.05, 4.69) is 16.3 Å². The highest BCUT2D eigenvalue weighted by molar-refractivity contribution is 5.43. The second kappa shape index (κ2) is 3.42. The maximum Gasteiger partial charge on any atom is 0.137 e. The molecule has 2 aromatic heterocycles. The summed E-state index contributed by atoms with van der Waals surface area (Å²) in [5.41, 5.74) is 9.18. The maximum absolute atomic E-state index is 6.04. The molecule has 0 fully saturated rings. The molecule has 0 saturated carbocycles. The van der Waals surface area contributed by atoms with Gasteiger partial charge in [0.25, 0.3) is 0 Å². The first-order valence-corrected chi connectivity index (χ1v) is 4.93. The molecule has 2 rings (SSSR count). The van der Waals surface area contributed by atoms with Crippen LogP contribution < -0.4 is 5.73 Å². The zero-order valence-electron chi connectivity index (χ0n) is 8.57. The largest absolute Gasteiger partial charge is 0.323 e. The summed E-state index contributed by atoms with van der Waals surface area (Å²) in [5.74, 6) is 0. The van der Waals surface area contributed by atoms with Crippen LogP contribution in [0.2, 0.25) is 0 Å². The average molecular weight is 189 g/mol. The Morgan fingerprint density at radius 3 is 3.00 bits per heavy atom. The van der Waals surface area contributed by atoms with Crippen LogP contribution in [0.5, 0.6) is 0 Å². The molecule has 74 valence electrons. The molecule has 3 nitrogen and oxygen atoms in total. The Morgan fingerprint density at radius 1 is 1.50 bits per heavy atom. The Labute approximate surface area is 83.6 Å². The number of rotatable bonds is 2. The number of hydrogen-bond donors (Lipinski definition) is 1. The lowest BCUT2D eigenvalue weighted by Crippen LogP contribution is -2.12. The molecular weight excluding hydrogens is 174 g/mol. The highest BCUT2D eigenvalue weighted by atomic mass is 15.0. The van der Waals surface area contributed by atoms with Crippen molar-refractivity contribution in [2.24, 2.45) is 5.73 Å². The van der Waals surface area contributed by atoms with E-state index in [9.17, 15) is 0 Å². The van der Waals surface area contributed by atoms with Gasteiger partial charge in [-0.25, -0.2) is 4.98 Å². The molecule has 0 spiro atoms. The van der Waals surface area contributed by atoms with Gasteiger partial charge in [0.1, 0.15) is 5.65 Å². The third kappa shape index (κ3) is 1.30. The summed E-state index contributed by atoms with van der Waals surface area (Å²) in [6.07, 6.45) is 2.95. The minimum atomic E-state index is 0.0763. The highest BCUT2D eigenvalue weighted by Gasteiger charge is 2.13. The second-order valence-corrected chi connectivity index (χ2v) is 3.53. The van der Waals surface area contributed by atoms with Crippen LogP contribution >= 0.6 is 0 Å². The average Bonchev–Trinajstić information content (AvgIpc) is 2.53. The zero-order chi connectivity index (χ0) is 10.1. The van der Waals surface area contributed by atoms with Crippen molar-refractivity contribution in [2.45, 2.75) is 26.3 Å². The fraction of sp³-hybridized carbons (Fsp3) is 0.364. The van der Waals surface area contributed by atoms with E-state index >= 15 is 0 Å². The molecule has 0 aliphatic rings. The number of imidazole rings is 1. The number of hydrogen-bond acceptors (Lipinski definition) is 2. The number of pyridine rings is 1. The van der Waals surface area contributed by atoms with Gasteiger partial charge in [-0.15, -0.1) is 0 Å². The van der Waals surface area contributed by atoms with Crippen LogP contribution in [0, 0.1) is 6.92 Å². The van der Waals surface area contributed by atoms with Gasteiger partial charge in [0.2, 0.25) is 0 Å². The molecule has 1 atom stereocenters. The molecule has 2 heterocycles. The summed E-state index contributed by atoms with van der Waals surface area (Å²) in [5, 5.41) is 0. The van der Waals surface area contributed by atoms with Gasteiger partial charge in [-0.1, -0.05) is 13.0 Å². The van der Waals surface area contributed by atoms with Crippen LogP contribution in [-0.4, -0.2) is 9.38 Å². The Morgan fingerprint density at radius 2 is 2.29 bits per heavy atom. The molecule has 0 amide bonds. The van der Waals surface area contributed by atoms with Crippen molar-refractivity contribution in [1.29, 1.82) is 0 Å². The number of nitrogens with zero attached hydrogens (tertiary/aromatic N) is 2. The molecule has 0 aliphatic heterocycles.